The number of carbonyl (C=O) groups is 1. The van der Waals surface area contributed by atoms with Crippen molar-refractivity contribution >= 4 is 23.1 Å². The van der Waals surface area contributed by atoms with Crippen LogP contribution in [0.3, 0.4) is 0 Å². The molecule has 2 aromatic rings. The highest BCUT2D eigenvalue weighted by Gasteiger charge is 2.25. The second-order valence-corrected chi connectivity index (χ2v) is 8.97. The zero-order valence-corrected chi connectivity index (χ0v) is 19.1. The average Bonchev–Trinajstić information content (AvgIpc) is 3.26. The van der Waals surface area contributed by atoms with Crippen molar-refractivity contribution in [1.29, 1.82) is 0 Å². The van der Waals surface area contributed by atoms with Gasteiger partial charge in [0.25, 0.3) is 6.47 Å². The monoisotopic (exact) mass is 441 g/mol. The fourth-order valence-corrected chi connectivity index (χ4v) is 4.79. The Balaban J connectivity index is 0.000000775. The topological polar surface area (TPSA) is 83.9 Å². The number of carboxylic acid groups (broad SMARTS) is 1. The lowest BCUT2D eigenvalue weighted by molar-refractivity contribution is -0.122. The number of rotatable bonds is 9. The number of nitrogens with one attached hydrogen (secondary N) is 1. The Kier molecular flexibility index (Phi) is 7.68. The molecule has 2 aliphatic carbocycles. The van der Waals surface area contributed by atoms with Crippen LogP contribution in [0.1, 0.15) is 49.8 Å². The fourth-order valence-electron chi connectivity index (χ4n) is 4.79. The molecule has 1 aliphatic heterocycles. The second-order valence-electron chi connectivity index (χ2n) is 8.97. The van der Waals surface area contributed by atoms with Crippen LogP contribution in [0.15, 0.2) is 12.1 Å². The number of benzene rings is 1. The Bertz CT molecular complexity index is 923. The van der Waals surface area contributed by atoms with Gasteiger partial charge in [-0.2, -0.15) is 0 Å². The third-order valence-corrected chi connectivity index (χ3v) is 6.64. The van der Waals surface area contributed by atoms with Crippen LogP contribution in [0, 0.1) is 5.92 Å². The van der Waals surface area contributed by atoms with Crippen LogP contribution in [0.4, 0.5) is 5.69 Å². The lowest BCUT2D eigenvalue weighted by Gasteiger charge is -2.18. The minimum absolute atomic E-state index is 0.250. The van der Waals surface area contributed by atoms with E-state index in [2.05, 4.69) is 22.3 Å². The molecule has 0 amide bonds. The van der Waals surface area contributed by atoms with E-state index in [1.54, 1.807) is 7.11 Å². The van der Waals surface area contributed by atoms with Crippen LogP contribution in [-0.2, 0) is 17.6 Å². The number of anilines is 1. The van der Waals surface area contributed by atoms with Gasteiger partial charge in [-0.3, -0.25) is 9.78 Å². The van der Waals surface area contributed by atoms with Crippen molar-refractivity contribution in [2.24, 2.45) is 5.92 Å². The Hall–Kier alpha value is -2.54. The van der Waals surface area contributed by atoms with Crippen LogP contribution in [0.2, 0.25) is 0 Å². The summed E-state index contributed by atoms with van der Waals surface area (Å²) in [4.78, 5) is 15.9. The van der Waals surface area contributed by atoms with E-state index in [4.69, 9.17) is 24.4 Å². The highest BCUT2D eigenvalue weighted by molar-refractivity contribution is 5.96. The van der Waals surface area contributed by atoms with Gasteiger partial charge in [-0.15, -0.1) is 0 Å². The van der Waals surface area contributed by atoms with Crippen LogP contribution in [-0.4, -0.2) is 61.4 Å². The van der Waals surface area contributed by atoms with Gasteiger partial charge < -0.3 is 24.8 Å². The van der Waals surface area contributed by atoms with Crippen LogP contribution < -0.4 is 14.8 Å². The van der Waals surface area contributed by atoms with Gasteiger partial charge in [-0.05, 0) is 82.0 Å². The number of hydrogen-bond acceptors (Lipinski definition) is 6. The molecule has 7 heteroatoms. The third kappa shape index (κ3) is 5.44. The molecular formula is C25H35N3O4. The van der Waals surface area contributed by atoms with Crippen molar-refractivity contribution < 1.29 is 19.4 Å². The van der Waals surface area contributed by atoms with Gasteiger partial charge in [0.05, 0.1) is 19.2 Å². The number of methoxy groups -OCH3 is 1. The number of hydrogen-bond donors (Lipinski definition) is 2. The van der Waals surface area contributed by atoms with Crippen molar-refractivity contribution in [3.63, 3.8) is 0 Å². The molecule has 1 aromatic carbocycles. The van der Waals surface area contributed by atoms with Crippen LogP contribution >= 0.6 is 0 Å². The van der Waals surface area contributed by atoms with Crippen molar-refractivity contribution in [1.82, 2.24) is 9.88 Å². The first kappa shape index (κ1) is 22.6. The SMILES string of the molecule is COc1cc2c(NCC3CC3)c3c(nc2cc1OCCCN1CCCC1)CCC3.O=CO. The number of likely N-dealkylation sites (tertiary alicyclic amines) is 1. The second kappa shape index (κ2) is 10.9. The number of fused-ring (bicyclic) bond motifs is 2. The maximum Gasteiger partial charge on any atom is 0.290 e. The predicted molar refractivity (Wildman–Crippen MR) is 126 cm³/mol. The summed E-state index contributed by atoms with van der Waals surface area (Å²) >= 11 is 0. The molecule has 2 fully saturated rings. The first-order valence-corrected chi connectivity index (χ1v) is 11.9. The molecule has 0 bridgehead atoms. The minimum Gasteiger partial charge on any atom is -0.493 e. The molecule has 0 radical (unpaired) electrons. The third-order valence-electron chi connectivity index (χ3n) is 6.64. The summed E-state index contributed by atoms with van der Waals surface area (Å²) in [6.45, 7) is 5.14. The fraction of sp³-hybridized carbons (Fsp3) is 0.600. The number of aryl methyl sites for hydroxylation is 1. The first-order valence-electron chi connectivity index (χ1n) is 11.9. The Morgan fingerprint density at radius 1 is 1.19 bits per heavy atom. The molecule has 0 unspecified atom stereocenters. The van der Waals surface area contributed by atoms with Gasteiger partial charge in [0.2, 0.25) is 0 Å². The van der Waals surface area contributed by atoms with E-state index in [1.807, 2.05) is 0 Å². The summed E-state index contributed by atoms with van der Waals surface area (Å²) in [6, 6.07) is 4.22. The zero-order valence-electron chi connectivity index (χ0n) is 19.1. The molecule has 1 aromatic heterocycles. The summed E-state index contributed by atoms with van der Waals surface area (Å²) in [6.07, 6.45) is 9.86. The maximum absolute atomic E-state index is 8.36. The van der Waals surface area contributed by atoms with Crippen molar-refractivity contribution in [2.75, 3.05) is 45.2 Å². The normalized spacial score (nSPS) is 17.5. The van der Waals surface area contributed by atoms with Crippen molar-refractivity contribution in [2.45, 2.75) is 51.4 Å². The predicted octanol–water partition coefficient (Wildman–Crippen LogP) is 4.12. The van der Waals surface area contributed by atoms with Crippen molar-refractivity contribution in [3.05, 3.63) is 23.4 Å². The van der Waals surface area contributed by atoms with Crippen molar-refractivity contribution in [3.8, 4) is 11.5 Å². The van der Waals surface area contributed by atoms with Gasteiger partial charge in [0.15, 0.2) is 11.5 Å². The molecule has 2 heterocycles. The minimum atomic E-state index is -0.250. The Morgan fingerprint density at radius 3 is 2.69 bits per heavy atom. The lowest BCUT2D eigenvalue weighted by Crippen LogP contribution is -2.21. The van der Waals surface area contributed by atoms with E-state index in [1.165, 1.54) is 67.5 Å². The molecular weight excluding hydrogens is 406 g/mol. The summed E-state index contributed by atoms with van der Waals surface area (Å²) in [5.41, 5.74) is 4.99. The van der Waals surface area contributed by atoms with E-state index in [9.17, 15) is 0 Å². The van der Waals surface area contributed by atoms with Gasteiger partial charge in [-0.1, -0.05) is 0 Å². The largest absolute Gasteiger partial charge is 0.493 e. The molecule has 1 saturated carbocycles. The molecule has 7 nitrogen and oxygen atoms in total. The number of aromatic nitrogens is 1. The van der Waals surface area contributed by atoms with Crippen LogP contribution in [0.5, 0.6) is 11.5 Å². The molecule has 3 aliphatic rings. The smallest absolute Gasteiger partial charge is 0.290 e. The Labute approximate surface area is 190 Å². The number of ether oxygens (including phenoxy) is 2. The summed E-state index contributed by atoms with van der Waals surface area (Å²) < 4.78 is 11.9. The summed E-state index contributed by atoms with van der Waals surface area (Å²) in [7, 11) is 1.73. The molecule has 32 heavy (non-hydrogen) atoms. The highest BCUT2D eigenvalue weighted by atomic mass is 16.5. The molecule has 0 spiro atoms. The van der Waals surface area contributed by atoms with Gasteiger partial charge in [-0.25, -0.2) is 0 Å². The summed E-state index contributed by atoms with van der Waals surface area (Å²) in [5, 5.41) is 11.8. The van der Waals surface area contributed by atoms with E-state index in [-0.39, 0.29) is 6.47 Å². The van der Waals surface area contributed by atoms with Gasteiger partial charge in [0.1, 0.15) is 0 Å². The zero-order chi connectivity index (χ0) is 22.3. The number of pyridine rings is 1. The quantitative estimate of drug-likeness (QED) is 0.447. The summed E-state index contributed by atoms with van der Waals surface area (Å²) in [5.74, 6) is 2.48. The molecule has 2 N–H and O–H groups in total. The standard InChI is InChI=1S/C24H33N3O2.CH2O2/c1-28-22-14-19-21(15-23(22)29-13-5-12-27-10-2-3-11-27)26-20-7-4-6-18(20)24(19)25-16-17-8-9-17;2-1-3/h14-15,17H,2-13,16H2,1H3,(H,25,26);1H,(H,2,3). The van der Waals surface area contributed by atoms with Gasteiger partial charge in [0, 0.05) is 35.9 Å². The maximum atomic E-state index is 8.36. The van der Waals surface area contributed by atoms with Crippen LogP contribution in [0.25, 0.3) is 10.9 Å². The van der Waals surface area contributed by atoms with E-state index in [0.29, 0.717) is 0 Å². The molecule has 0 atom stereocenters. The highest BCUT2D eigenvalue weighted by Crippen LogP contribution is 2.40. The molecule has 1 saturated heterocycles. The molecule has 5 rings (SSSR count). The molecule has 174 valence electrons. The lowest BCUT2D eigenvalue weighted by atomic mass is 10.1. The Morgan fingerprint density at radius 2 is 1.97 bits per heavy atom. The first-order chi connectivity index (χ1) is 15.7. The van der Waals surface area contributed by atoms with E-state index < -0.39 is 0 Å². The number of nitrogens with zero attached hydrogens (tertiary/aromatic N) is 2. The van der Waals surface area contributed by atoms with Gasteiger partial charge >= 0.3 is 0 Å². The van der Waals surface area contributed by atoms with E-state index >= 15 is 0 Å². The van der Waals surface area contributed by atoms with E-state index in [0.717, 1.165) is 61.9 Å². The average molecular weight is 442 g/mol.